The summed E-state index contributed by atoms with van der Waals surface area (Å²) in [5, 5.41) is 163. The van der Waals surface area contributed by atoms with Gasteiger partial charge >= 0.3 is 5.97 Å². The second kappa shape index (κ2) is 24.1. The van der Waals surface area contributed by atoms with E-state index in [1.807, 2.05) is 0 Å². The molecule has 0 aromatic carbocycles. The molecule has 482 valence electrons. The first-order valence-corrected chi connectivity index (χ1v) is 30.2. The molecule has 0 spiro atoms. The Kier molecular flexibility index (Phi) is 18.7. The van der Waals surface area contributed by atoms with Crippen molar-refractivity contribution in [3.63, 3.8) is 0 Å². The monoisotopic (exact) mass is 1210 g/mol. The van der Waals surface area contributed by atoms with Crippen LogP contribution in [0.5, 0.6) is 0 Å². The maximum Gasteiger partial charge on any atom is 0.317 e. The van der Waals surface area contributed by atoms with E-state index in [1.54, 1.807) is 0 Å². The molecular weight excluding hydrogens is 1110 g/mol. The molecule has 0 radical (unpaired) electrons. The fourth-order valence-corrected chi connectivity index (χ4v) is 17.2. The van der Waals surface area contributed by atoms with E-state index in [4.69, 9.17) is 47.4 Å². The molecule has 26 heteroatoms. The number of hydrogen-bond acceptors (Lipinski definition) is 26. The first-order valence-electron chi connectivity index (χ1n) is 30.2. The summed E-state index contributed by atoms with van der Waals surface area (Å²) in [5.41, 5.74) is -1.72. The molecule has 5 heterocycles. The van der Waals surface area contributed by atoms with Gasteiger partial charge in [-0.25, -0.2) is 0 Å². The zero-order valence-electron chi connectivity index (χ0n) is 49.1. The lowest BCUT2D eigenvalue weighted by atomic mass is 9.36. The SMILES string of the molecule is C[C@@H]1O[C@@H](O[C@H]2[C@H](O[C@H]3CC[C@]4(C)[C@H]5CC=C6[C@@H](C[C@@H](O)[C@@]7(C(=O)O[C@@H]8O[C@H](CO[C@@H]9O[C@H](CO)[C@@H](O[C@@H]%10O[C@@H](C)[C@H](O)[C@@H](O)[C@H]%10O)[C@H](O)[C@H]9O)[C@@H](O)[C@H](O)[C@H]8O)CCC(C)(C)C[C@@H]67)[C@]5(C)CC[C@H]4C3(C)C)OC[C@H](O)[C@@H]2O)[C@H](O)[C@H](O)[C@H]1O. The minimum absolute atomic E-state index is 0.115. The van der Waals surface area contributed by atoms with Gasteiger partial charge in [-0.05, 0) is 117 Å². The van der Waals surface area contributed by atoms with Crippen LogP contribution in [0.25, 0.3) is 0 Å². The largest absolute Gasteiger partial charge is 0.432 e. The van der Waals surface area contributed by atoms with E-state index in [0.717, 1.165) is 24.8 Å². The van der Waals surface area contributed by atoms with Crippen molar-refractivity contribution in [1.29, 1.82) is 0 Å². The van der Waals surface area contributed by atoms with Gasteiger partial charge in [0, 0.05) is 0 Å². The first-order chi connectivity index (χ1) is 39.3. The molecule has 5 saturated heterocycles. The molecule has 33 atom stereocenters. The molecular formula is C58H94O26. The molecule has 84 heavy (non-hydrogen) atoms. The molecule has 4 saturated carbocycles. The Morgan fingerprint density at radius 3 is 1.76 bits per heavy atom. The van der Waals surface area contributed by atoms with Gasteiger partial charge in [0.2, 0.25) is 6.29 Å². The van der Waals surface area contributed by atoms with Gasteiger partial charge in [-0.1, -0.05) is 53.2 Å². The Hall–Kier alpha value is -1.75. The average molecular weight is 1210 g/mol. The topological polar surface area (TPSA) is 413 Å². The summed E-state index contributed by atoms with van der Waals surface area (Å²) >= 11 is 0. The molecule has 10 aliphatic rings. The summed E-state index contributed by atoms with van der Waals surface area (Å²) in [6.07, 6.45) is -31.8. The number of carbonyl (C=O) groups excluding carboxylic acids is 1. The van der Waals surface area contributed by atoms with Crippen LogP contribution in [0.3, 0.4) is 0 Å². The maximum atomic E-state index is 15.2. The van der Waals surface area contributed by atoms with E-state index in [9.17, 15) is 76.6 Å². The van der Waals surface area contributed by atoms with E-state index < -0.39 is 196 Å². The summed E-state index contributed by atoms with van der Waals surface area (Å²) < 4.78 is 59.3. The van der Waals surface area contributed by atoms with Crippen LogP contribution >= 0.6 is 0 Å². The smallest absolute Gasteiger partial charge is 0.317 e. The Bertz CT molecular complexity index is 2330. The van der Waals surface area contributed by atoms with Crippen LogP contribution in [0, 0.1) is 50.7 Å². The van der Waals surface area contributed by atoms with Crippen molar-refractivity contribution < 1.29 is 129 Å². The summed E-state index contributed by atoms with van der Waals surface area (Å²) in [4.78, 5) is 15.2. The minimum atomic E-state index is -1.96. The Morgan fingerprint density at radius 2 is 1.13 bits per heavy atom. The van der Waals surface area contributed by atoms with Gasteiger partial charge in [0.05, 0.1) is 44.2 Å². The van der Waals surface area contributed by atoms with Gasteiger partial charge in [-0.2, -0.15) is 0 Å². The number of rotatable bonds is 12. The molecule has 0 aromatic heterocycles. The molecule has 5 aliphatic heterocycles. The standard InChI is InChI=1S/C58H94O26/c1-22-34(62)38(66)42(70)49(77-22)82-46-28(19-59)79-48(45(73)41(46)69)76-21-29-37(65)40(68)44(72)51(80-29)84-53(74)58-16-15-54(3,4)18-26(58)24-9-10-31-56(7,25(24)17-32(58)61)13-11-30-55(5,6)33(12-14-57(30,31)8)81-52-47(36(64)27(60)20-75-52)83-50-43(71)39(67)35(63)23(2)78-50/h9,22-23,25-52,59-73H,10-21H2,1-8H3/t22-,23-,25+,26-,27-,28+,29+,30-,31-,32+,33-,34-,35-,36-,37+,38+,39+,40-,41+,42+,43+,44+,45+,46+,47+,48+,49-,50-,51-,52-,56-,57-,58+/m0/s1. The van der Waals surface area contributed by atoms with E-state index >= 15 is 4.79 Å². The van der Waals surface area contributed by atoms with Gasteiger partial charge in [0.1, 0.15) is 109 Å². The fourth-order valence-electron chi connectivity index (χ4n) is 17.2. The molecule has 26 nitrogen and oxygen atoms in total. The van der Waals surface area contributed by atoms with Crippen molar-refractivity contribution >= 4 is 5.97 Å². The van der Waals surface area contributed by atoms with Gasteiger partial charge < -0.3 is 124 Å². The number of aliphatic hydroxyl groups excluding tert-OH is 15. The lowest BCUT2D eigenvalue weighted by Crippen LogP contribution is -2.66. The highest BCUT2D eigenvalue weighted by atomic mass is 16.8. The minimum Gasteiger partial charge on any atom is -0.432 e. The normalized spacial score (nSPS) is 54.6. The highest BCUT2D eigenvalue weighted by Gasteiger charge is 2.69. The second-order valence-corrected chi connectivity index (χ2v) is 28.1. The van der Waals surface area contributed by atoms with Gasteiger partial charge in [0.15, 0.2) is 25.2 Å². The third-order valence-corrected chi connectivity index (χ3v) is 22.3. The van der Waals surface area contributed by atoms with Crippen molar-refractivity contribution in [3.05, 3.63) is 11.6 Å². The maximum absolute atomic E-state index is 15.2. The number of hydrogen-bond donors (Lipinski definition) is 15. The molecule has 10 rings (SSSR count). The van der Waals surface area contributed by atoms with E-state index in [1.165, 1.54) is 13.8 Å². The summed E-state index contributed by atoms with van der Waals surface area (Å²) in [6.45, 7) is 14.4. The first kappa shape index (κ1) is 65.2. The number of fused-ring (bicyclic) bond motifs is 7. The Labute approximate surface area is 488 Å². The van der Waals surface area contributed by atoms with Crippen LogP contribution in [-0.4, -0.2) is 262 Å². The van der Waals surface area contributed by atoms with Gasteiger partial charge in [-0.3, -0.25) is 4.79 Å². The summed E-state index contributed by atoms with van der Waals surface area (Å²) in [7, 11) is 0. The van der Waals surface area contributed by atoms with Crippen LogP contribution < -0.4 is 0 Å². The molecule has 9 fully saturated rings. The highest BCUT2D eigenvalue weighted by Crippen LogP contribution is 2.72. The van der Waals surface area contributed by atoms with Crippen LogP contribution in [0.2, 0.25) is 0 Å². The van der Waals surface area contributed by atoms with E-state index in [-0.39, 0.29) is 53.4 Å². The molecule has 15 N–H and O–H groups in total. The summed E-state index contributed by atoms with van der Waals surface area (Å²) in [5.74, 6) is -1.21. The van der Waals surface area contributed by atoms with Crippen molar-refractivity contribution in [2.45, 2.75) is 273 Å². The number of carbonyl (C=O) groups is 1. The van der Waals surface area contributed by atoms with Crippen molar-refractivity contribution in [1.82, 2.24) is 0 Å². The van der Waals surface area contributed by atoms with Crippen molar-refractivity contribution in [2.24, 2.45) is 50.7 Å². The Morgan fingerprint density at radius 1 is 0.560 bits per heavy atom. The third kappa shape index (κ3) is 11.1. The van der Waals surface area contributed by atoms with Crippen molar-refractivity contribution in [3.8, 4) is 0 Å². The predicted octanol–water partition coefficient (Wildman–Crippen LogP) is -2.94. The number of allylic oxidation sites excluding steroid dienone is 2. The fraction of sp³-hybridized carbons (Fsp3) is 0.948. The predicted molar refractivity (Wildman–Crippen MR) is 283 cm³/mol. The Balaban J connectivity index is 0.824. The third-order valence-electron chi connectivity index (χ3n) is 22.3. The number of esters is 1. The van der Waals surface area contributed by atoms with Crippen LogP contribution in [-0.2, 0) is 52.2 Å². The zero-order chi connectivity index (χ0) is 61.2. The summed E-state index contributed by atoms with van der Waals surface area (Å²) in [6, 6.07) is 0. The van der Waals surface area contributed by atoms with Crippen LogP contribution in [0.15, 0.2) is 11.6 Å². The van der Waals surface area contributed by atoms with Gasteiger partial charge in [0.25, 0.3) is 0 Å². The number of ether oxygens (including phenoxy) is 10. The highest BCUT2D eigenvalue weighted by molar-refractivity contribution is 5.79. The van der Waals surface area contributed by atoms with Crippen LogP contribution in [0.1, 0.15) is 113 Å². The molecule has 0 unspecified atom stereocenters. The van der Waals surface area contributed by atoms with Crippen molar-refractivity contribution in [2.75, 3.05) is 19.8 Å². The molecule has 0 bridgehead atoms. The van der Waals surface area contributed by atoms with Gasteiger partial charge in [-0.15, -0.1) is 0 Å². The molecule has 0 amide bonds. The number of aliphatic hydroxyl groups is 15. The second-order valence-electron chi connectivity index (χ2n) is 28.1. The zero-order valence-corrected chi connectivity index (χ0v) is 49.1. The quantitative estimate of drug-likeness (QED) is 0.0528. The molecule has 5 aliphatic carbocycles. The van der Waals surface area contributed by atoms with Crippen LogP contribution in [0.4, 0.5) is 0 Å². The van der Waals surface area contributed by atoms with E-state index in [0.29, 0.717) is 25.7 Å². The lowest BCUT2D eigenvalue weighted by Gasteiger charge is -2.68. The molecule has 0 aromatic rings. The van der Waals surface area contributed by atoms with E-state index in [2.05, 4.69) is 47.6 Å². The lowest BCUT2D eigenvalue weighted by molar-refractivity contribution is -0.364. The average Bonchev–Trinajstić information content (AvgIpc) is 1.24.